The van der Waals surface area contributed by atoms with Crippen molar-refractivity contribution in [3.63, 3.8) is 0 Å². The third-order valence-electron chi connectivity index (χ3n) is 2.91. The van der Waals surface area contributed by atoms with Crippen molar-refractivity contribution in [3.8, 4) is 0 Å². The van der Waals surface area contributed by atoms with Crippen molar-refractivity contribution in [2.75, 3.05) is 18.6 Å². The third kappa shape index (κ3) is 2.66. The number of thioether (sulfide) groups is 1. The Labute approximate surface area is 105 Å². The SMILES string of the molecule is COC(=O)C1CSCC(c2cc(C)oc2C)N1. The number of esters is 1. The molecule has 0 radical (unpaired) electrons. The van der Waals surface area contributed by atoms with Crippen LogP contribution in [-0.2, 0) is 9.53 Å². The maximum absolute atomic E-state index is 11.5. The molecule has 1 aliphatic rings. The Morgan fingerprint density at radius 2 is 2.29 bits per heavy atom. The van der Waals surface area contributed by atoms with Crippen molar-refractivity contribution < 1.29 is 13.9 Å². The third-order valence-corrected chi connectivity index (χ3v) is 4.05. The van der Waals surface area contributed by atoms with E-state index in [0.29, 0.717) is 0 Å². The van der Waals surface area contributed by atoms with Gasteiger partial charge in [-0.3, -0.25) is 10.1 Å². The number of ether oxygens (including phenoxy) is 1. The molecule has 1 aromatic rings. The molecule has 4 nitrogen and oxygen atoms in total. The average molecular weight is 255 g/mol. The van der Waals surface area contributed by atoms with Crippen molar-refractivity contribution in [3.05, 3.63) is 23.2 Å². The lowest BCUT2D eigenvalue weighted by molar-refractivity contribution is -0.142. The van der Waals surface area contributed by atoms with Gasteiger partial charge < -0.3 is 9.15 Å². The summed E-state index contributed by atoms with van der Waals surface area (Å²) in [5.41, 5.74) is 1.14. The van der Waals surface area contributed by atoms with Crippen LogP contribution in [0.2, 0.25) is 0 Å². The fourth-order valence-corrected chi connectivity index (χ4v) is 3.21. The van der Waals surface area contributed by atoms with Gasteiger partial charge in [0.05, 0.1) is 7.11 Å². The summed E-state index contributed by atoms with van der Waals surface area (Å²) in [6.45, 7) is 3.89. The first-order chi connectivity index (χ1) is 8.11. The second-order valence-corrected chi connectivity index (χ2v) is 5.28. The van der Waals surface area contributed by atoms with E-state index in [1.165, 1.54) is 7.11 Å². The standard InChI is InChI=1S/C12H17NO3S/c1-7-4-9(8(2)16-7)10-5-17-6-11(13-10)12(14)15-3/h4,10-11,13H,5-6H2,1-3H3. The summed E-state index contributed by atoms with van der Waals surface area (Å²) in [6.07, 6.45) is 0. The van der Waals surface area contributed by atoms with Crippen LogP contribution in [-0.4, -0.2) is 30.6 Å². The Hall–Kier alpha value is -0.940. The molecule has 2 rings (SSSR count). The molecule has 2 atom stereocenters. The average Bonchev–Trinajstić information content (AvgIpc) is 2.67. The van der Waals surface area contributed by atoms with Gasteiger partial charge in [-0.2, -0.15) is 11.8 Å². The number of hydrogen-bond donors (Lipinski definition) is 1. The van der Waals surface area contributed by atoms with Gasteiger partial charge >= 0.3 is 5.97 Å². The highest BCUT2D eigenvalue weighted by Gasteiger charge is 2.29. The largest absolute Gasteiger partial charge is 0.468 e. The van der Waals surface area contributed by atoms with E-state index in [2.05, 4.69) is 5.32 Å². The molecular formula is C12H17NO3S. The minimum absolute atomic E-state index is 0.162. The van der Waals surface area contributed by atoms with Crippen LogP contribution < -0.4 is 5.32 Å². The van der Waals surface area contributed by atoms with Crippen molar-refractivity contribution in [2.24, 2.45) is 0 Å². The van der Waals surface area contributed by atoms with Gasteiger partial charge in [-0.1, -0.05) is 0 Å². The number of nitrogens with one attached hydrogen (secondary N) is 1. The summed E-state index contributed by atoms with van der Waals surface area (Å²) >= 11 is 1.76. The lowest BCUT2D eigenvalue weighted by Gasteiger charge is -2.28. The van der Waals surface area contributed by atoms with Crippen LogP contribution in [0.3, 0.4) is 0 Å². The minimum atomic E-state index is -0.224. The monoisotopic (exact) mass is 255 g/mol. The topological polar surface area (TPSA) is 51.5 Å². The zero-order valence-corrected chi connectivity index (χ0v) is 11.1. The number of methoxy groups -OCH3 is 1. The van der Waals surface area contributed by atoms with E-state index in [4.69, 9.17) is 9.15 Å². The summed E-state index contributed by atoms with van der Waals surface area (Å²) in [4.78, 5) is 11.5. The Kier molecular flexibility index (Phi) is 3.79. The lowest BCUT2D eigenvalue weighted by Crippen LogP contribution is -2.45. The van der Waals surface area contributed by atoms with Gasteiger partial charge in [-0.25, -0.2) is 0 Å². The maximum Gasteiger partial charge on any atom is 0.323 e. The molecule has 1 fully saturated rings. The van der Waals surface area contributed by atoms with E-state index in [1.807, 2.05) is 19.9 Å². The second kappa shape index (κ2) is 5.14. The first-order valence-electron chi connectivity index (χ1n) is 5.60. The Morgan fingerprint density at radius 1 is 1.53 bits per heavy atom. The van der Waals surface area contributed by atoms with Crippen LogP contribution in [0.25, 0.3) is 0 Å². The van der Waals surface area contributed by atoms with Crippen LogP contribution >= 0.6 is 11.8 Å². The summed E-state index contributed by atoms with van der Waals surface area (Å²) in [5.74, 6) is 3.35. The van der Waals surface area contributed by atoms with Crippen LogP contribution in [0.5, 0.6) is 0 Å². The van der Waals surface area contributed by atoms with Crippen LogP contribution in [0.4, 0.5) is 0 Å². The molecule has 2 heterocycles. The first kappa shape index (κ1) is 12.5. The smallest absolute Gasteiger partial charge is 0.323 e. The van der Waals surface area contributed by atoms with E-state index in [0.717, 1.165) is 28.6 Å². The second-order valence-electron chi connectivity index (χ2n) is 4.20. The van der Waals surface area contributed by atoms with Crippen molar-refractivity contribution in [1.29, 1.82) is 0 Å². The van der Waals surface area contributed by atoms with Gasteiger partial charge in [0, 0.05) is 23.1 Å². The highest BCUT2D eigenvalue weighted by Crippen LogP contribution is 2.28. The van der Waals surface area contributed by atoms with Crippen molar-refractivity contribution in [1.82, 2.24) is 5.32 Å². The predicted molar refractivity (Wildman–Crippen MR) is 67.2 cm³/mol. The molecule has 0 spiro atoms. The Morgan fingerprint density at radius 3 is 2.88 bits per heavy atom. The van der Waals surface area contributed by atoms with Crippen LogP contribution in [0, 0.1) is 13.8 Å². The molecule has 17 heavy (non-hydrogen) atoms. The summed E-state index contributed by atoms with van der Waals surface area (Å²) < 4.78 is 10.3. The molecule has 0 bridgehead atoms. The summed E-state index contributed by atoms with van der Waals surface area (Å²) in [7, 11) is 1.42. The number of carbonyl (C=O) groups excluding carboxylic acids is 1. The first-order valence-corrected chi connectivity index (χ1v) is 6.76. The number of rotatable bonds is 2. The molecular weight excluding hydrogens is 238 g/mol. The fraction of sp³-hybridized carbons (Fsp3) is 0.583. The molecule has 0 amide bonds. The number of aryl methyl sites for hydroxylation is 2. The van der Waals surface area contributed by atoms with Crippen molar-refractivity contribution in [2.45, 2.75) is 25.9 Å². The highest BCUT2D eigenvalue weighted by molar-refractivity contribution is 7.99. The minimum Gasteiger partial charge on any atom is -0.468 e. The van der Waals surface area contributed by atoms with Crippen molar-refractivity contribution >= 4 is 17.7 Å². The lowest BCUT2D eigenvalue weighted by atomic mass is 10.1. The molecule has 5 heteroatoms. The Balaban J connectivity index is 2.12. The molecule has 1 aromatic heterocycles. The van der Waals surface area contributed by atoms with E-state index in [-0.39, 0.29) is 18.1 Å². The zero-order valence-electron chi connectivity index (χ0n) is 10.3. The molecule has 1 saturated heterocycles. The quantitative estimate of drug-likeness (QED) is 0.817. The highest BCUT2D eigenvalue weighted by atomic mass is 32.2. The van der Waals surface area contributed by atoms with Gasteiger partial charge in [0.1, 0.15) is 17.6 Å². The van der Waals surface area contributed by atoms with Crippen LogP contribution in [0.1, 0.15) is 23.1 Å². The van der Waals surface area contributed by atoms with E-state index in [1.54, 1.807) is 11.8 Å². The Bertz CT molecular complexity index is 416. The molecule has 0 aliphatic carbocycles. The molecule has 1 aliphatic heterocycles. The maximum atomic E-state index is 11.5. The van der Waals surface area contributed by atoms with Gasteiger partial charge in [-0.05, 0) is 19.9 Å². The van der Waals surface area contributed by atoms with Gasteiger partial charge in [-0.15, -0.1) is 0 Å². The number of furan rings is 1. The number of hydrogen-bond acceptors (Lipinski definition) is 5. The van der Waals surface area contributed by atoms with E-state index < -0.39 is 0 Å². The van der Waals surface area contributed by atoms with E-state index in [9.17, 15) is 4.79 Å². The summed E-state index contributed by atoms with van der Waals surface area (Å²) in [6, 6.07) is 1.97. The number of carbonyl (C=O) groups is 1. The molecule has 94 valence electrons. The predicted octanol–water partition coefficient (Wildman–Crippen LogP) is 1.82. The van der Waals surface area contributed by atoms with Gasteiger partial charge in [0.15, 0.2) is 0 Å². The van der Waals surface area contributed by atoms with E-state index >= 15 is 0 Å². The fourth-order valence-electron chi connectivity index (χ4n) is 2.10. The molecule has 1 N–H and O–H groups in total. The summed E-state index contributed by atoms with van der Waals surface area (Å²) in [5, 5.41) is 3.32. The molecule has 0 aromatic carbocycles. The normalized spacial score (nSPS) is 24.6. The zero-order chi connectivity index (χ0) is 12.4. The molecule has 0 saturated carbocycles. The van der Waals surface area contributed by atoms with Gasteiger partial charge in [0.25, 0.3) is 0 Å². The van der Waals surface area contributed by atoms with Gasteiger partial charge in [0.2, 0.25) is 0 Å². The molecule has 2 unspecified atom stereocenters. The van der Waals surface area contributed by atoms with Crippen LogP contribution in [0.15, 0.2) is 10.5 Å².